The number of hydrogen-bond donors (Lipinski definition) is 2. The summed E-state index contributed by atoms with van der Waals surface area (Å²) >= 11 is 0. The number of amides is 2. The minimum absolute atomic E-state index is 0.0131. The number of nitrogens with one attached hydrogen (secondary N) is 2. The molecular weight excluding hydrogens is 447 g/mol. The van der Waals surface area contributed by atoms with E-state index < -0.39 is 21.9 Å². The summed E-state index contributed by atoms with van der Waals surface area (Å²) in [6, 6.07) is 11.6. The molecule has 2 amide bonds. The molecule has 2 aromatic carbocycles. The second-order valence-corrected chi connectivity index (χ2v) is 9.94. The van der Waals surface area contributed by atoms with Crippen LogP contribution in [-0.2, 0) is 26.0 Å². The third-order valence-electron chi connectivity index (χ3n) is 5.78. The lowest BCUT2D eigenvalue weighted by Gasteiger charge is -2.35. The topological polar surface area (TPSA) is 103 Å². The highest BCUT2D eigenvalue weighted by atomic mass is 32.2. The van der Waals surface area contributed by atoms with Crippen molar-refractivity contribution in [1.82, 2.24) is 19.5 Å². The summed E-state index contributed by atoms with van der Waals surface area (Å²) in [4.78, 5) is 29.8. The standard InChI is InChI=1S/C23H25FN4O4S/c1-16(29)26-22(14-17-15-25-21-5-3-2-4-20(17)21)23(30)27-10-12-28(13-11-27)33(31,32)19-8-6-18(24)7-9-19/h2-9,15,22,25H,10-14H2,1H3,(H,26,29). The van der Waals surface area contributed by atoms with Gasteiger partial charge >= 0.3 is 0 Å². The first kappa shape index (κ1) is 22.9. The van der Waals surface area contributed by atoms with E-state index in [2.05, 4.69) is 10.3 Å². The van der Waals surface area contributed by atoms with Gasteiger partial charge in [-0.3, -0.25) is 9.59 Å². The summed E-state index contributed by atoms with van der Waals surface area (Å²) in [7, 11) is -3.78. The van der Waals surface area contributed by atoms with E-state index >= 15 is 0 Å². The van der Waals surface area contributed by atoms with E-state index in [1.54, 1.807) is 4.90 Å². The smallest absolute Gasteiger partial charge is 0.245 e. The van der Waals surface area contributed by atoms with E-state index in [1.165, 1.54) is 23.4 Å². The van der Waals surface area contributed by atoms with Crippen molar-refractivity contribution in [2.24, 2.45) is 0 Å². The third kappa shape index (κ3) is 4.91. The number of piperazine rings is 1. The Hall–Kier alpha value is -3.24. The summed E-state index contributed by atoms with van der Waals surface area (Å²) in [6.07, 6.45) is 2.15. The summed E-state index contributed by atoms with van der Waals surface area (Å²) in [5.74, 6) is -1.08. The van der Waals surface area contributed by atoms with Gasteiger partial charge in [-0.1, -0.05) is 18.2 Å². The molecule has 1 unspecified atom stereocenters. The molecule has 4 rings (SSSR count). The number of sulfonamides is 1. The van der Waals surface area contributed by atoms with Crippen molar-refractivity contribution in [2.75, 3.05) is 26.2 Å². The van der Waals surface area contributed by atoms with Crippen LogP contribution in [-0.4, -0.2) is 66.6 Å². The molecule has 0 radical (unpaired) electrons. The van der Waals surface area contributed by atoms with Gasteiger partial charge in [-0.15, -0.1) is 0 Å². The first-order valence-electron chi connectivity index (χ1n) is 10.6. The van der Waals surface area contributed by atoms with Crippen LogP contribution in [0, 0.1) is 5.82 Å². The van der Waals surface area contributed by atoms with E-state index in [-0.39, 0.29) is 42.9 Å². The number of carbonyl (C=O) groups is 2. The Morgan fingerprint density at radius 2 is 1.73 bits per heavy atom. The third-order valence-corrected chi connectivity index (χ3v) is 7.69. The summed E-state index contributed by atoms with van der Waals surface area (Å²) in [6.45, 7) is 1.99. The molecule has 2 heterocycles. The van der Waals surface area contributed by atoms with Crippen molar-refractivity contribution < 1.29 is 22.4 Å². The average Bonchev–Trinajstić information content (AvgIpc) is 3.21. The zero-order valence-corrected chi connectivity index (χ0v) is 18.9. The molecule has 1 fully saturated rings. The zero-order chi connectivity index (χ0) is 23.6. The molecule has 0 saturated carbocycles. The summed E-state index contributed by atoms with van der Waals surface area (Å²) < 4.78 is 40.1. The predicted octanol–water partition coefficient (Wildman–Crippen LogP) is 1.89. The number of hydrogen-bond acceptors (Lipinski definition) is 4. The SMILES string of the molecule is CC(=O)NC(Cc1c[nH]c2ccccc12)C(=O)N1CCN(S(=O)(=O)c2ccc(F)cc2)CC1. The Labute approximate surface area is 191 Å². The van der Waals surface area contributed by atoms with Crippen molar-refractivity contribution in [3.05, 3.63) is 66.1 Å². The summed E-state index contributed by atoms with van der Waals surface area (Å²) in [5, 5.41) is 3.72. The average molecular weight is 473 g/mol. The minimum Gasteiger partial charge on any atom is -0.361 e. The molecule has 33 heavy (non-hydrogen) atoms. The molecule has 0 bridgehead atoms. The van der Waals surface area contributed by atoms with Gasteiger partial charge in [0.15, 0.2) is 0 Å². The van der Waals surface area contributed by atoms with Crippen LogP contribution < -0.4 is 5.32 Å². The number of aromatic amines is 1. The Balaban J connectivity index is 1.46. The fourth-order valence-electron chi connectivity index (χ4n) is 4.09. The van der Waals surface area contributed by atoms with E-state index in [0.29, 0.717) is 6.42 Å². The molecule has 1 saturated heterocycles. The second kappa shape index (κ2) is 9.32. The fourth-order valence-corrected chi connectivity index (χ4v) is 5.51. The summed E-state index contributed by atoms with van der Waals surface area (Å²) in [5.41, 5.74) is 1.86. The number of H-pyrrole nitrogens is 1. The van der Waals surface area contributed by atoms with Crippen molar-refractivity contribution in [3.63, 3.8) is 0 Å². The highest BCUT2D eigenvalue weighted by molar-refractivity contribution is 7.89. The molecule has 2 N–H and O–H groups in total. The van der Waals surface area contributed by atoms with Gasteiger partial charge in [0, 0.05) is 56.6 Å². The molecular formula is C23H25FN4O4S. The van der Waals surface area contributed by atoms with Crippen LogP contribution in [0.2, 0.25) is 0 Å². The number of fused-ring (bicyclic) bond motifs is 1. The van der Waals surface area contributed by atoms with Crippen molar-refractivity contribution in [2.45, 2.75) is 24.3 Å². The molecule has 0 spiro atoms. The minimum atomic E-state index is -3.78. The quantitative estimate of drug-likeness (QED) is 0.572. The maximum absolute atomic E-state index is 13.3. The van der Waals surface area contributed by atoms with Gasteiger partial charge in [-0.25, -0.2) is 12.8 Å². The van der Waals surface area contributed by atoms with Gasteiger partial charge in [-0.2, -0.15) is 4.31 Å². The first-order valence-corrected chi connectivity index (χ1v) is 12.1. The van der Waals surface area contributed by atoms with E-state index in [9.17, 15) is 22.4 Å². The maximum Gasteiger partial charge on any atom is 0.245 e. The van der Waals surface area contributed by atoms with Crippen molar-refractivity contribution in [3.8, 4) is 0 Å². The van der Waals surface area contributed by atoms with Crippen LogP contribution in [0.25, 0.3) is 10.9 Å². The van der Waals surface area contributed by atoms with E-state index in [0.717, 1.165) is 28.6 Å². The largest absolute Gasteiger partial charge is 0.361 e. The monoisotopic (exact) mass is 472 g/mol. The first-order chi connectivity index (χ1) is 15.8. The van der Waals surface area contributed by atoms with Gasteiger partial charge in [0.1, 0.15) is 11.9 Å². The predicted molar refractivity (Wildman–Crippen MR) is 121 cm³/mol. The molecule has 3 aromatic rings. The lowest BCUT2D eigenvalue weighted by Crippen LogP contribution is -2.56. The Morgan fingerprint density at radius 3 is 2.39 bits per heavy atom. The van der Waals surface area contributed by atoms with Gasteiger partial charge in [0.2, 0.25) is 21.8 Å². The van der Waals surface area contributed by atoms with Gasteiger partial charge < -0.3 is 15.2 Å². The number of halogens is 1. The van der Waals surface area contributed by atoms with E-state index in [4.69, 9.17) is 0 Å². The number of para-hydroxylation sites is 1. The number of benzene rings is 2. The Morgan fingerprint density at radius 1 is 1.06 bits per heavy atom. The van der Waals surface area contributed by atoms with Crippen LogP contribution in [0.5, 0.6) is 0 Å². The second-order valence-electron chi connectivity index (χ2n) is 8.00. The molecule has 1 aliphatic heterocycles. The normalized spacial score (nSPS) is 16.0. The lowest BCUT2D eigenvalue weighted by molar-refractivity contribution is -0.137. The van der Waals surface area contributed by atoms with Crippen molar-refractivity contribution >= 4 is 32.7 Å². The Kier molecular flexibility index (Phi) is 6.48. The highest BCUT2D eigenvalue weighted by Gasteiger charge is 2.33. The van der Waals surface area contributed by atoms with Gasteiger partial charge in [0.25, 0.3) is 0 Å². The van der Waals surface area contributed by atoms with Crippen LogP contribution in [0.15, 0.2) is 59.6 Å². The zero-order valence-electron chi connectivity index (χ0n) is 18.1. The lowest BCUT2D eigenvalue weighted by atomic mass is 10.0. The number of rotatable bonds is 6. The van der Waals surface area contributed by atoms with Gasteiger partial charge in [-0.05, 0) is 35.9 Å². The van der Waals surface area contributed by atoms with Gasteiger partial charge in [0.05, 0.1) is 4.90 Å². The number of aromatic nitrogens is 1. The molecule has 1 aliphatic rings. The maximum atomic E-state index is 13.3. The number of nitrogens with zero attached hydrogens (tertiary/aromatic N) is 2. The Bertz CT molecular complexity index is 1270. The highest BCUT2D eigenvalue weighted by Crippen LogP contribution is 2.21. The fraction of sp³-hybridized carbons (Fsp3) is 0.304. The van der Waals surface area contributed by atoms with Crippen LogP contribution in [0.3, 0.4) is 0 Å². The van der Waals surface area contributed by atoms with Crippen molar-refractivity contribution in [1.29, 1.82) is 0 Å². The number of carbonyl (C=O) groups excluding carboxylic acids is 2. The van der Waals surface area contributed by atoms with E-state index in [1.807, 2.05) is 30.5 Å². The molecule has 1 atom stereocenters. The molecule has 1 aromatic heterocycles. The van der Waals surface area contributed by atoms with Crippen LogP contribution in [0.1, 0.15) is 12.5 Å². The molecule has 174 valence electrons. The van der Waals surface area contributed by atoms with Crippen LogP contribution in [0.4, 0.5) is 4.39 Å². The molecule has 10 heteroatoms. The molecule has 0 aliphatic carbocycles. The van der Waals surface area contributed by atoms with Crippen LogP contribution >= 0.6 is 0 Å². The molecule has 8 nitrogen and oxygen atoms in total.